The third-order valence-corrected chi connectivity index (χ3v) is 5.83. The van der Waals surface area contributed by atoms with Crippen molar-refractivity contribution in [3.05, 3.63) is 0 Å². The van der Waals surface area contributed by atoms with Gasteiger partial charge in [0.2, 0.25) is 0 Å². The van der Waals surface area contributed by atoms with Crippen molar-refractivity contribution >= 4 is 0 Å². The van der Waals surface area contributed by atoms with Crippen LogP contribution in [0.1, 0.15) is 26.7 Å². The topological polar surface area (TPSA) is 36.9 Å². The van der Waals surface area contributed by atoms with Crippen molar-refractivity contribution in [1.29, 1.82) is 0 Å². The highest BCUT2D eigenvalue weighted by atomic mass is 19.4. The molecule has 0 aliphatic carbocycles. The third-order valence-electron chi connectivity index (χ3n) is 5.83. The van der Waals surface area contributed by atoms with Crippen LogP contribution in [0.25, 0.3) is 0 Å². The molecular formula is C18H26F8O4. The highest BCUT2D eigenvalue weighted by Gasteiger charge is 2.80. The van der Waals surface area contributed by atoms with Crippen LogP contribution in [0.3, 0.4) is 0 Å². The SMILES string of the molecule is CCC1(COCC(F)(F)C(F)(F)C(F)(F)C(F)(F)COCC2(CC)COC2)COC1. The van der Waals surface area contributed by atoms with Gasteiger partial charge in [-0.05, 0) is 12.8 Å². The molecule has 0 bridgehead atoms. The van der Waals surface area contributed by atoms with Gasteiger partial charge in [0.25, 0.3) is 0 Å². The fourth-order valence-electron chi connectivity index (χ4n) is 2.99. The molecule has 0 atom stereocenters. The van der Waals surface area contributed by atoms with E-state index >= 15 is 0 Å². The van der Waals surface area contributed by atoms with Gasteiger partial charge in [-0.15, -0.1) is 0 Å². The Morgan fingerprint density at radius 3 is 1.13 bits per heavy atom. The fraction of sp³-hybridized carbons (Fsp3) is 1.00. The minimum absolute atomic E-state index is 0.140. The molecule has 0 unspecified atom stereocenters. The van der Waals surface area contributed by atoms with Crippen LogP contribution >= 0.6 is 0 Å². The van der Waals surface area contributed by atoms with Gasteiger partial charge < -0.3 is 18.9 Å². The molecule has 2 saturated heterocycles. The van der Waals surface area contributed by atoms with E-state index < -0.39 is 60.9 Å². The predicted molar refractivity (Wildman–Crippen MR) is 88.5 cm³/mol. The van der Waals surface area contributed by atoms with Gasteiger partial charge in [-0.1, -0.05) is 13.8 Å². The summed E-state index contributed by atoms with van der Waals surface area (Å²) in [5, 5.41) is 0. The van der Waals surface area contributed by atoms with Crippen LogP contribution in [-0.2, 0) is 18.9 Å². The molecule has 4 nitrogen and oxygen atoms in total. The Morgan fingerprint density at radius 1 is 0.633 bits per heavy atom. The van der Waals surface area contributed by atoms with Gasteiger partial charge in [-0.2, -0.15) is 35.1 Å². The Hall–Kier alpha value is -0.720. The van der Waals surface area contributed by atoms with Crippen molar-refractivity contribution < 1.29 is 54.1 Å². The van der Waals surface area contributed by atoms with Gasteiger partial charge in [0.05, 0.1) is 39.6 Å². The van der Waals surface area contributed by atoms with Crippen LogP contribution in [-0.4, -0.2) is 76.5 Å². The Kier molecular flexibility index (Phi) is 7.38. The summed E-state index contributed by atoms with van der Waals surface area (Å²) in [6.45, 7) is -1.22. The Labute approximate surface area is 169 Å². The lowest BCUT2D eigenvalue weighted by Crippen LogP contribution is -2.64. The minimum atomic E-state index is -6.37. The van der Waals surface area contributed by atoms with Crippen molar-refractivity contribution in [2.24, 2.45) is 10.8 Å². The first-order valence-corrected chi connectivity index (χ1v) is 9.52. The summed E-state index contributed by atoms with van der Waals surface area (Å²) in [7, 11) is 0. The largest absolute Gasteiger partial charge is 0.380 e. The van der Waals surface area contributed by atoms with Crippen LogP contribution in [0, 0.1) is 10.8 Å². The van der Waals surface area contributed by atoms with Crippen molar-refractivity contribution in [1.82, 2.24) is 0 Å². The molecule has 0 radical (unpaired) electrons. The molecule has 178 valence electrons. The molecule has 2 heterocycles. The molecule has 2 aliphatic heterocycles. The van der Waals surface area contributed by atoms with E-state index in [1.165, 1.54) is 0 Å². The maximum atomic E-state index is 13.9. The average Bonchev–Trinajstić information content (AvgIpc) is 2.59. The predicted octanol–water partition coefficient (Wildman–Crippen LogP) is 4.41. The third kappa shape index (κ3) is 4.56. The minimum Gasteiger partial charge on any atom is -0.380 e. The Bertz CT molecular complexity index is 516. The molecule has 0 aromatic heterocycles. The van der Waals surface area contributed by atoms with Crippen LogP contribution in [0.4, 0.5) is 35.1 Å². The standard InChI is InChI=1S/C18H26F8O4/c1-3-13(5-27-6-13)9-29-11-15(19,20)17(23,24)18(25,26)16(21,22)12-30-10-14(4-2)7-28-8-14/h3-12H2,1-2H3. The number of rotatable bonds is 13. The monoisotopic (exact) mass is 458 g/mol. The molecule has 2 fully saturated rings. The Morgan fingerprint density at radius 2 is 0.933 bits per heavy atom. The van der Waals surface area contributed by atoms with Crippen LogP contribution in [0.15, 0.2) is 0 Å². The van der Waals surface area contributed by atoms with Gasteiger partial charge in [-0.25, -0.2) is 0 Å². The molecule has 2 aliphatic rings. The van der Waals surface area contributed by atoms with Crippen molar-refractivity contribution in [2.75, 3.05) is 52.9 Å². The lowest BCUT2D eigenvalue weighted by molar-refractivity contribution is -0.378. The zero-order valence-corrected chi connectivity index (χ0v) is 16.7. The summed E-state index contributed by atoms with van der Waals surface area (Å²) in [5.41, 5.74) is -1.35. The van der Waals surface area contributed by atoms with Crippen molar-refractivity contribution in [2.45, 2.75) is 50.4 Å². The maximum Gasteiger partial charge on any atom is 0.380 e. The van der Waals surface area contributed by atoms with E-state index in [9.17, 15) is 35.1 Å². The summed E-state index contributed by atoms with van der Waals surface area (Å²) in [6, 6.07) is 0. The molecule has 0 aromatic carbocycles. The normalized spacial score (nSPS) is 21.8. The molecule has 0 spiro atoms. The van der Waals surface area contributed by atoms with Crippen LogP contribution in [0.2, 0.25) is 0 Å². The van der Waals surface area contributed by atoms with E-state index in [0.29, 0.717) is 12.8 Å². The van der Waals surface area contributed by atoms with E-state index in [2.05, 4.69) is 9.47 Å². The zero-order chi connectivity index (χ0) is 22.9. The quantitative estimate of drug-likeness (QED) is 0.383. The number of hydrogen-bond donors (Lipinski definition) is 0. The summed E-state index contributed by atoms with van der Waals surface area (Å²) in [4.78, 5) is 0. The van der Waals surface area contributed by atoms with E-state index in [0.717, 1.165) is 0 Å². The second-order valence-electron chi connectivity index (χ2n) is 8.24. The molecule has 0 amide bonds. The van der Waals surface area contributed by atoms with Gasteiger partial charge in [0, 0.05) is 10.8 Å². The first-order chi connectivity index (χ1) is 13.7. The molecule has 12 heteroatoms. The molecule has 0 N–H and O–H groups in total. The molecule has 2 rings (SSSR count). The van der Waals surface area contributed by atoms with Gasteiger partial charge in [-0.3, -0.25) is 0 Å². The number of alkyl halides is 8. The first-order valence-electron chi connectivity index (χ1n) is 9.52. The molecule has 0 saturated carbocycles. The zero-order valence-electron chi connectivity index (χ0n) is 16.7. The number of hydrogen-bond acceptors (Lipinski definition) is 4. The van der Waals surface area contributed by atoms with Gasteiger partial charge >= 0.3 is 23.7 Å². The fourth-order valence-corrected chi connectivity index (χ4v) is 2.99. The molecule has 30 heavy (non-hydrogen) atoms. The lowest BCUT2D eigenvalue weighted by Gasteiger charge is -2.42. The maximum absolute atomic E-state index is 13.9. The molecule has 0 aromatic rings. The second kappa shape index (κ2) is 8.67. The highest BCUT2D eigenvalue weighted by Crippen LogP contribution is 2.53. The van der Waals surface area contributed by atoms with Crippen LogP contribution < -0.4 is 0 Å². The van der Waals surface area contributed by atoms with Crippen molar-refractivity contribution in [3.8, 4) is 0 Å². The Balaban J connectivity index is 1.98. The summed E-state index contributed by atoms with van der Waals surface area (Å²) >= 11 is 0. The first kappa shape index (κ1) is 25.5. The summed E-state index contributed by atoms with van der Waals surface area (Å²) in [5.74, 6) is -23.8. The highest BCUT2D eigenvalue weighted by molar-refractivity contribution is 5.04. The van der Waals surface area contributed by atoms with E-state index in [-0.39, 0.29) is 26.4 Å². The van der Waals surface area contributed by atoms with Gasteiger partial charge in [0.15, 0.2) is 0 Å². The van der Waals surface area contributed by atoms with E-state index in [4.69, 9.17) is 9.47 Å². The summed E-state index contributed by atoms with van der Waals surface area (Å²) in [6.07, 6.45) is 0.843. The molecular weight excluding hydrogens is 432 g/mol. The van der Waals surface area contributed by atoms with Gasteiger partial charge in [0.1, 0.15) is 13.2 Å². The number of ether oxygens (including phenoxy) is 4. The average molecular weight is 458 g/mol. The van der Waals surface area contributed by atoms with E-state index in [1.807, 2.05) is 0 Å². The number of halogens is 8. The van der Waals surface area contributed by atoms with Crippen molar-refractivity contribution in [3.63, 3.8) is 0 Å². The van der Waals surface area contributed by atoms with E-state index in [1.54, 1.807) is 13.8 Å². The second-order valence-corrected chi connectivity index (χ2v) is 8.24. The summed E-state index contributed by atoms with van der Waals surface area (Å²) < 4.78 is 130. The van der Waals surface area contributed by atoms with Crippen LogP contribution in [0.5, 0.6) is 0 Å². The smallest absolute Gasteiger partial charge is 0.380 e. The lowest BCUT2D eigenvalue weighted by atomic mass is 9.84.